The van der Waals surface area contributed by atoms with Crippen LogP contribution in [0.1, 0.15) is 12.8 Å². The zero-order chi connectivity index (χ0) is 13.0. The third-order valence-corrected chi connectivity index (χ3v) is 3.13. The molecule has 0 radical (unpaired) electrons. The Hall–Kier alpha value is -1.76. The largest absolute Gasteiger partial charge is 0.340 e. The number of hydrogen-bond donors (Lipinski definition) is 1. The van der Waals surface area contributed by atoms with E-state index in [1.807, 2.05) is 7.05 Å². The van der Waals surface area contributed by atoms with Gasteiger partial charge in [-0.15, -0.1) is 0 Å². The van der Waals surface area contributed by atoms with Gasteiger partial charge in [-0.2, -0.15) is 0 Å². The van der Waals surface area contributed by atoms with Crippen LogP contribution in [0.15, 0.2) is 12.4 Å². The Morgan fingerprint density at radius 2 is 2.28 bits per heavy atom. The monoisotopic (exact) mass is 251 g/mol. The molecule has 1 aromatic heterocycles. The zero-order valence-corrected chi connectivity index (χ0v) is 10.4. The number of nitrogens with one attached hydrogen (secondary N) is 1. The van der Waals surface area contributed by atoms with Crippen LogP contribution in [0.4, 0.5) is 11.6 Å². The Bertz CT molecular complexity index is 406. The van der Waals surface area contributed by atoms with Crippen molar-refractivity contribution in [2.45, 2.75) is 12.8 Å². The molecular weight excluding hydrogens is 234 g/mol. The molecular formula is C11H17N5O2. The van der Waals surface area contributed by atoms with Crippen molar-refractivity contribution in [3.63, 3.8) is 0 Å². The normalized spacial score (nSPS) is 19.8. The van der Waals surface area contributed by atoms with Gasteiger partial charge in [-0.25, -0.2) is 9.97 Å². The molecule has 0 aromatic carbocycles. The number of rotatable bonds is 4. The molecule has 1 saturated heterocycles. The molecule has 1 N–H and O–H groups in total. The summed E-state index contributed by atoms with van der Waals surface area (Å²) in [5, 5.41) is 13.7. The molecule has 1 aromatic rings. The number of nitro groups is 1. The van der Waals surface area contributed by atoms with Crippen LogP contribution in [0.5, 0.6) is 0 Å². The van der Waals surface area contributed by atoms with E-state index in [-0.39, 0.29) is 5.69 Å². The minimum Gasteiger partial charge on any atom is -0.340 e. The Labute approximate surface area is 105 Å². The van der Waals surface area contributed by atoms with Crippen LogP contribution in [-0.2, 0) is 0 Å². The molecule has 2 rings (SSSR count). The van der Waals surface area contributed by atoms with Gasteiger partial charge >= 0.3 is 5.69 Å². The highest BCUT2D eigenvalue weighted by molar-refractivity contribution is 5.34. The maximum atomic E-state index is 10.5. The quantitative estimate of drug-likeness (QED) is 0.630. The molecule has 1 aliphatic heterocycles. The minimum atomic E-state index is -0.482. The number of anilines is 1. The molecule has 98 valence electrons. The summed E-state index contributed by atoms with van der Waals surface area (Å²) in [6, 6.07) is 0. The van der Waals surface area contributed by atoms with Crippen LogP contribution in [-0.4, -0.2) is 41.6 Å². The van der Waals surface area contributed by atoms with E-state index in [0.29, 0.717) is 11.9 Å². The average molecular weight is 251 g/mol. The molecule has 1 aliphatic rings. The van der Waals surface area contributed by atoms with E-state index in [1.165, 1.54) is 18.8 Å². The van der Waals surface area contributed by atoms with E-state index in [9.17, 15) is 10.1 Å². The summed E-state index contributed by atoms with van der Waals surface area (Å²) in [4.78, 5) is 20.3. The van der Waals surface area contributed by atoms with Gasteiger partial charge in [-0.3, -0.25) is 10.1 Å². The molecule has 0 saturated carbocycles. The zero-order valence-electron chi connectivity index (χ0n) is 10.4. The van der Waals surface area contributed by atoms with Crippen LogP contribution in [0, 0.1) is 16.0 Å². The fourth-order valence-corrected chi connectivity index (χ4v) is 2.27. The summed E-state index contributed by atoms with van der Waals surface area (Å²) in [6.45, 7) is 2.79. The van der Waals surface area contributed by atoms with Crippen molar-refractivity contribution in [3.05, 3.63) is 22.5 Å². The molecule has 7 nitrogen and oxygen atoms in total. The molecule has 0 spiro atoms. The molecule has 2 heterocycles. The highest BCUT2D eigenvalue weighted by Crippen LogP contribution is 2.20. The number of aromatic nitrogens is 2. The summed E-state index contributed by atoms with van der Waals surface area (Å²) in [7, 11) is 1.95. The molecule has 1 atom stereocenters. The van der Waals surface area contributed by atoms with E-state index in [0.717, 1.165) is 26.1 Å². The van der Waals surface area contributed by atoms with Gasteiger partial charge in [0.2, 0.25) is 5.95 Å². The first-order valence-electron chi connectivity index (χ1n) is 6.06. The van der Waals surface area contributed by atoms with E-state index in [4.69, 9.17) is 0 Å². The van der Waals surface area contributed by atoms with Gasteiger partial charge in [0.05, 0.1) is 4.92 Å². The van der Waals surface area contributed by atoms with Crippen LogP contribution < -0.4 is 10.2 Å². The van der Waals surface area contributed by atoms with Gasteiger partial charge in [0, 0.05) is 13.1 Å². The molecule has 0 amide bonds. The lowest BCUT2D eigenvalue weighted by atomic mass is 9.98. The number of nitrogens with zero attached hydrogens (tertiary/aromatic N) is 4. The Kier molecular flexibility index (Phi) is 4.03. The second kappa shape index (κ2) is 5.72. The third-order valence-electron chi connectivity index (χ3n) is 3.13. The van der Waals surface area contributed by atoms with Crippen LogP contribution in [0.25, 0.3) is 0 Å². The Balaban J connectivity index is 2.04. The SMILES string of the molecule is CNCC1CCCN(c2ncc([N+](=O)[O-])cn2)C1. The van der Waals surface area contributed by atoms with Crippen molar-refractivity contribution in [1.82, 2.24) is 15.3 Å². The minimum absolute atomic E-state index is 0.0671. The number of piperidine rings is 1. The van der Waals surface area contributed by atoms with Crippen molar-refractivity contribution >= 4 is 11.6 Å². The molecule has 0 aliphatic carbocycles. The van der Waals surface area contributed by atoms with Gasteiger partial charge in [0.15, 0.2) is 0 Å². The molecule has 1 unspecified atom stereocenters. The van der Waals surface area contributed by atoms with Crippen LogP contribution in [0.3, 0.4) is 0 Å². The molecule has 1 fully saturated rings. The summed E-state index contributed by atoms with van der Waals surface area (Å²) in [5.41, 5.74) is -0.0671. The first-order valence-corrected chi connectivity index (χ1v) is 6.06. The van der Waals surface area contributed by atoms with Crippen molar-refractivity contribution in [2.24, 2.45) is 5.92 Å². The maximum absolute atomic E-state index is 10.5. The second-order valence-electron chi connectivity index (χ2n) is 4.51. The summed E-state index contributed by atoms with van der Waals surface area (Å²) in [5.74, 6) is 1.17. The van der Waals surface area contributed by atoms with E-state index >= 15 is 0 Å². The lowest BCUT2D eigenvalue weighted by Gasteiger charge is -2.32. The van der Waals surface area contributed by atoms with Gasteiger partial charge in [0.25, 0.3) is 0 Å². The fraction of sp³-hybridized carbons (Fsp3) is 0.636. The van der Waals surface area contributed by atoms with Crippen molar-refractivity contribution in [2.75, 3.05) is 31.6 Å². The summed E-state index contributed by atoms with van der Waals surface area (Å²) < 4.78 is 0. The first-order chi connectivity index (χ1) is 8.70. The van der Waals surface area contributed by atoms with Gasteiger partial charge < -0.3 is 10.2 Å². The first kappa shape index (κ1) is 12.7. The highest BCUT2D eigenvalue weighted by atomic mass is 16.6. The second-order valence-corrected chi connectivity index (χ2v) is 4.51. The van der Waals surface area contributed by atoms with Crippen molar-refractivity contribution in [1.29, 1.82) is 0 Å². The highest BCUT2D eigenvalue weighted by Gasteiger charge is 2.21. The maximum Gasteiger partial charge on any atom is 0.305 e. The molecule has 7 heteroatoms. The summed E-state index contributed by atoms with van der Waals surface area (Å²) >= 11 is 0. The van der Waals surface area contributed by atoms with Gasteiger partial charge in [0.1, 0.15) is 12.4 Å². The Morgan fingerprint density at radius 3 is 2.89 bits per heavy atom. The lowest BCUT2D eigenvalue weighted by molar-refractivity contribution is -0.385. The molecule has 18 heavy (non-hydrogen) atoms. The van der Waals surface area contributed by atoms with Crippen LogP contribution >= 0.6 is 0 Å². The lowest BCUT2D eigenvalue weighted by Crippen LogP contribution is -2.39. The van der Waals surface area contributed by atoms with Crippen molar-refractivity contribution < 1.29 is 4.92 Å². The fourth-order valence-electron chi connectivity index (χ4n) is 2.27. The van der Waals surface area contributed by atoms with E-state index in [2.05, 4.69) is 20.2 Å². The molecule has 0 bridgehead atoms. The van der Waals surface area contributed by atoms with Gasteiger partial charge in [-0.05, 0) is 32.4 Å². The third kappa shape index (κ3) is 2.92. The van der Waals surface area contributed by atoms with E-state index in [1.54, 1.807) is 0 Å². The standard InChI is InChI=1S/C11H17N5O2/c1-12-5-9-3-2-4-15(8-9)11-13-6-10(7-14-11)16(17)18/h6-7,9,12H,2-5,8H2,1H3. The predicted molar refractivity (Wildman–Crippen MR) is 67.6 cm³/mol. The van der Waals surface area contributed by atoms with E-state index < -0.39 is 4.92 Å². The number of hydrogen-bond acceptors (Lipinski definition) is 6. The Morgan fingerprint density at radius 1 is 1.56 bits per heavy atom. The summed E-state index contributed by atoms with van der Waals surface area (Å²) in [6.07, 6.45) is 4.84. The van der Waals surface area contributed by atoms with Gasteiger partial charge in [-0.1, -0.05) is 0 Å². The topological polar surface area (TPSA) is 84.2 Å². The average Bonchev–Trinajstić information content (AvgIpc) is 2.39. The van der Waals surface area contributed by atoms with Crippen molar-refractivity contribution in [3.8, 4) is 0 Å². The smallest absolute Gasteiger partial charge is 0.305 e. The predicted octanol–water partition coefficient (Wildman–Crippen LogP) is 0.821. The van der Waals surface area contributed by atoms with Crippen LogP contribution in [0.2, 0.25) is 0 Å².